The third kappa shape index (κ3) is 3.07. The molecule has 0 amide bonds. The minimum absolute atomic E-state index is 0.0499. The van der Waals surface area contributed by atoms with Gasteiger partial charge in [-0.2, -0.15) is 0 Å². The first-order chi connectivity index (χ1) is 8.58. The normalized spacial score (nSPS) is 12.4. The van der Waals surface area contributed by atoms with Crippen molar-refractivity contribution >= 4 is 23.2 Å². The predicted molar refractivity (Wildman–Crippen MR) is 78.5 cm³/mol. The van der Waals surface area contributed by atoms with Crippen molar-refractivity contribution in [1.29, 1.82) is 0 Å². The van der Waals surface area contributed by atoms with Crippen LogP contribution in [0.25, 0.3) is 0 Å². The molecule has 0 saturated heterocycles. The van der Waals surface area contributed by atoms with Gasteiger partial charge in [0.1, 0.15) is 0 Å². The number of hydrogen-bond donors (Lipinski definition) is 0. The van der Waals surface area contributed by atoms with Crippen LogP contribution < -0.4 is 0 Å². The molecule has 0 fully saturated rings. The number of halogens is 2. The van der Waals surface area contributed by atoms with E-state index in [-0.39, 0.29) is 5.38 Å². The van der Waals surface area contributed by atoms with Crippen molar-refractivity contribution in [3.8, 4) is 0 Å². The van der Waals surface area contributed by atoms with Gasteiger partial charge in [-0.3, -0.25) is 0 Å². The highest BCUT2D eigenvalue weighted by Gasteiger charge is 2.12. The van der Waals surface area contributed by atoms with E-state index in [1.54, 1.807) is 0 Å². The summed E-state index contributed by atoms with van der Waals surface area (Å²) in [6.07, 6.45) is 0.791. The lowest BCUT2D eigenvalue weighted by Crippen LogP contribution is -2.00. The molecule has 1 unspecified atom stereocenters. The van der Waals surface area contributed by atoms with Gasteiger partial charge >= 0.3 is 0 Å². The van der Waals surface area contributed by atoms with Crippen molar-refractivity contribution < 1.29 is 0 Å². The van der Waals surface area contributed by atoms with Gasteiger partial charge in [0.05, 0.1) is 5.38 Å². The number of hydrogen-bond acceptors (Lipinski definition) is 0. The van der Waals surface area contributed by atoms with Crippen molar-refractivity contribution in [2.45, 2.75) is 25.6 Å². The van der Waals surface area contributed by atoms with Crippen LogP contribution in [-0.2, 0) is 6.42 Å². The Kier molecular flexibility index (Phi) is 4.31. The topological polar surface area (TPSA) is 0 Å². The Morgan fingerprint density at radius 1 is 1.11 bits per heavy atom. The largest absolute Gasteiger partial charge is 0.117 e. The Bertz CT molecular complexity index is 529. The van der Waals surface area contributed by atoms with E-state index >= 15 is 0 Å². The second-order valence-electron chi connectivity index (χ2n) is 4.50. The number of alkyl halides is 1. The lowest BCUT2D eigenvalue weighted by Gasteiger charge is -2.14. The van der Waals surface area contributed by atoms with Gasteiger partial charge in [0.25, 0.3) is 0 Å². The predicted octanol–water partition coefficient (Wildman–Crippen LogP) is 5.28. The lowest BCUT2D eigenvalue weighted by molar-refractivity contribution is 0.905. The summed E-state index contributed by atoms with van der Waals surface area (Å²) >= 11 is 12.4. The van der Waals surface area contributed by atoms with Gasteiger partial charge in [0, 0.05) is 5.02 Å². The summed E-state index contributed by atoms with van der Waals surface area (Å²) in [5, 5.41) is 0.703. The van der Waals surface area contributed by atoms with Crippen LogP contribution in [0, 0.1) is 19.9 Å². The number of aryl methyl sites for hydroxylation is 1. The SMILES string of the molecule is Cc1cc[c]c(C(Cl)Cc2ccc(Cl)cc2)c1C. The monoisotopic (exact) mass is 277 g/mol. The van der Waals surface area contributed by atoms with E-state index in [9.17, 15) is 0 Å². The fourth-order valence-electron chi connectivity index (χ4n) is 1.96. The van der Waals surface area contributed by atoms with E-state index in [1.165, 1.54) is 16.7 Å². The van der Waals surface area contributed by atoms with E-state index in [2.05, 4.69) is 26.0 Å². The van der Waals surface area contributed by atoms with Crippen molar-refractivity contribution in [3.05, 3.63) is 69.7 Å². The second kappa shape index (κ2) is 5.77. The van der Waals surface area contributed by atoms with Gasteiger partial charge < -0.3 is 0 Å². The Balaban J connectivity index is 2.19. The highest BCUT2D eigenvalue weighted by atomic mass is 35.5. The summed E-state index contributed by atoms with van der Waals surface area (Å²) < 4.78 is 0. The van der Waals surface area contributed by atoms with Crippen LogP contribution in [0.15, 0.2) is 36.4 Å². The maximum absolute atomic E-state index is 6.49. The highest BCUT2D eigenvalue weighted by molar-refractivity contribution is 6.30. The van der Waals surface area contributed by atoms with Crippen molar-refractivity contribution in [2.75, 3.05) is 0 Å². The van der Waals surface area contributed by atoms with E-state index in [4.69, 9.17) is 23.2 Å². The van der Waals surface area contributed by atoms with Crippen LogP contribution in [0.1, 0.15) is 27.6 Å². The molecule has 0 saturated carbocycles. The fourth-order valence-corrected chi connectivity index (χ4v) is 2.49. The number of rotatable bonds is 3. The first kappa shape index (κ1) is 13.5. The van der Waals surface area contributed by atoms with E-state index in [0.29, 0.717) is 0 Å². The molecule has 0 aliphatic carbocycles. The molecule has 0 spiro atoms. The van der Waals surface area contributed by atoms with E-state index in [1.807, 2.05) is 30.3 Å². The molecule has 2 aromatic carbocycles. The molecule has 0 heterocycles. The fraction of sp³-hybridized carbons (Fsp3) is 0.250. The van der Waals surface area contributed by atoms with E-state index < -0.39 is 0 Å². The van der Waals surface area contributed by atoms with Gasteiger partial charge in [0.15, 0.2) is 0 Å². The smallest absolute Gasteiger partial charge is 0.0634 e. The van der Waals surface area contributed by atoms with E-state index in [0.717, 1.165) is 17.0 Å². The van der Waals surface area contributed by atoms with Crippen LogP contribution in [0.5, 0.6) is 0 Å². The average Bonchev–Trinajstić information content (AvgIpc) is 2.35. The molecular formula is C16H15Cl2. The second-order valence-corrected chi connectivity index (χ2v) is 5.46. The minimum atomic E-state index is -0.0499. The molecule has 0 aliphatic rings. The summed E-state index contributed by atoms with van der Waals surface area (Å²) in [4.78, 5) is 0. The molecule has 0 aliphatic heterocycles. The summed E-state index contributed by atoms with van der Waals surface area (Å²) in [6.45, 7) is 4.19. The molecular weight excluding hydrogens is 263 g/mol. The first-order valence-electron chi connectivity index (χ1n) is 5.94. The Morgan fingerprint density at radius 2 is 1.78 bits per heavy atom. The minimum Gasteiger partial charge on any atom is -0.117 e. The van der Waals surface area contributed by atoms with Crippen molar-refractivity contribution in [3.63, 3.8) is 0 Å². The zero-order valence-electron chi connectivity index (χ0n) is 10.5. The summed E-state index contributed by atoms with van der Waals surface area (Å²) in [5.74, 6) is 0. The van der Waals surface area contributed by atoms with Gasteiger partial charge in [-0.25, -0.2) is 0 Å². The van der Waals surface area contributed by atoms with Crippen molar-refractivity contribution in [2.24, 2.45) is 0 Å². The van der Waals surface area contributed by atoms with Crippen LogP contribution in [0.4, 0.5) is 0 Å². The molecule has 1 radical (unpaired) electrons. The number of benzene rings is 2. The standard InChI is InChI=1S/C16H15Cl2/c1-11-4-3-5-15(12(11)2)16(18)10-13-6-8-14(17)9-7-13/h3-4,6-9,16H,10H2,1-2H3. The maximum atomic E-state index is 6.49. The van der Waals surface area contributed by atoms with Crippen LogP contribution in [-0.4, -0.2) is 0 Å². The molecule has 2 rings (SSSR count). The Hall–Kier alpha value is -0.980. The average molecular weight is 278 g/mol. The van der Waals surface area contributed by atoms with Gasteiger partial charge in [-0.15, -0.1) is 11.6 Å². The molecule has 0 N–H and O–H groups in total. The molecule has 93 valence electrons. The third-order valence-electron chi connectivity index (χ3n) is 3.21. The van der Waals surface area contributed by atoms with Crippen molar-refractivity contribution in [1.82, 2.24) is 0 Å². The summed E-state index contributed by atoms with van der Waals surface area (Å²) in [7, 11) is 0. The van der Waals surface area contributed by atoms with Gasteiger partial charge in [0.2, 0.25) is 0 Å². The van der Waals surface area contributed by atoms with Crippen LogP contribution in [0.3, 0.4) is 0 Å². The molecule has 0 aromatic heterocycles. The highest BCUT2D eigenvalue weighted by Crippen LogP contribution is 2.28. The Labute approximate surface area is 119 Å². The zero-order valence-corrected chi connectivity index (χ0v) is 12.0. The zero-order chi connectivity index (χ0) is 13.1. The third-order valence-corrected chi connectivity index (χ3v) is 3.83. The molecule has 0 bridgehead atoms. The van der Waals surface area contributed by atoms with Crippen LogP contribution in [0.2, 0.25) is 5.02 Å². The lowest BCUT2D eigenvalue weighted by atomic mass is 9.97. The van der Waals surface area contributed by atoms with Gasteiger partial charge in [-0.1, -0.05) is 35.9 Å². The van der Waals surface area contributed by atoms with Crippen LogP contribution >= 0.6 is 23.2 Å². The maximum Gasteiger partial charge on any atom is 0.0634 e. The molecule has 2 heteroatoms. The molecule has 2 aromatic rings. The van der Waals surface area contributed by atoms with Gasteiger partial charge in [-0.05, 0) is 60.7 Å². The first-order valence-corrected chi connectivity index (χ1v) is 6.75. The summed E-state index contributed by atoms with van der Waals surface area (Å²) in [5.41, 5.74) is 4.76. The molecule has 1 atom stereocenters. The Morgan fingerprint density at radius 3 is 2.44 bits per heavy atom. The summed E-state index contributed by atoms with van der Waals surface area (Å²) in [6, 6.07) is 15.1. The molecule has 0 nitrogen and oxygen atoms in total. The quantitative estimate of drug-likeness (QED) is 0.670. The molecule has 18 heavy (non-hydrogen) atoms.